The molecule has 168 valence electrons. The van der Waals surface area contributed by atoms with Gasteiger partial charge in [0.1, 0.15) is 5.75 Å². The van der Waals surface area contributed by atoms with Gasteiger partial charge in [-0.25, -0.2) is 8.42 Å². The highest BCUT2D eigenvalue weighted by Crippen LogP contribution is 2.45. The molecule has 5 rings (SSSR count). The Labute approximate surface area is 189 Å². The molecule has 1 fully saturated rings. The lowest BCUT2D eigenvalue weighted by Crippen LogP contribution is -2.51. The van der Waals surface area contributed by atoms with Gasteiger partial charge in [-0.1, -0.05) is 17.7 Å². The summed E-state index contributed by atoms with van der Waals surface area (Å²) in [5.74, 6) is 0.798. The SMILES string of the molecule is COc1ccc2c(c1)NC1(CCN(S(=O)(=O)c3c(C)cc(C)cc3C)CC1)c1cccn1-2. The minimum Gasteiger partial charge on any atom is -0.497 e. The van der Waals surface area contributed by atoms with Crippen molar-refractivity contribution < 1.29 is 13.2 Å². The molecule has 1 spiro atoms. The maximum absolute atomic E-state index is 13.6. The smallest absolute Gasteiger partial charge is 0.243 e. The number of nitrogens with one attached hydrogen (secondary N) is 1. The Morgan fingerprint density at radius 1 is 1.00 bits per heavy atom. The second-order valence-electron chi connectivity index (χ2n) is 8.99. The van der Waals surface area contributed by atoms with Crippen LogP contribution in [0.3, 0.4) is 0 Å². The third kappa shape index (κ3) is 3.14. The fourth-order valence-corrected chi connectivity index (χ4v) is 7.30. The van der Waals surface area contributed by atoms with Crippen LogP contribution in [0.1, 0.15) is 35.2 Å². The zero-order valence-corrected chi connectivity index (χ0v) is 19.8. The van der Waals surface area contributed by atoms with Gasteiger partial charge in [-0.15, -0.1) is 0 Å². The number of fused-ring (bicyclic) bond motifs is 4. The summed E-state index contributed by atoms with van der Waals surface area (Å²) in [7, 11) is -1.89. The topological polar surface area (TPSA) is 63.6 Å². The van der Waals surface area contributed by atoms with Crippen LogP contribution in [0.25, 0.3) is 5.69 Å². The predicted molar refractivity (Wildman–Crippen MR) is 126 cm³/mol. The second kappa shape index (κ2) is 7.39. The third-order valence-corrected chi connectivity index (χ3v) is 9.06. The molecule has 7 heteroatoms. The van der Waals surface area contributed by atoms with Gasteiger partial charge < -0.3 is 14.6 Å². The Bertz CT molecular complexity index is 1280. The van der Waals surface area contributed by atoms with Crippen LogP contribution in [0, 0.1) is 20.8 Å². The zero-order chi connectivity index (χ0) is 22.7. The Morgan fingerprint density at radius 3 is 2.34 bits per heavy atom. The summed E-state index contributed by atoms with van der Waals surface area (Å²) in [6, 6.07) is 14.1. The molecule has 0 radical (unpaired) electrons. The van der Waals surface area contributed by atoms with E-state index in [1.54, 1.807) is 11.4 Å². The molecular weight excluding hydrogens is 422 g/mol. The molecule has 0 aliphatic carbocycles. The molecule has 0 amide bonds. The number of rotatable bonds is 3. The van der Waals surface area contributed by atoms with Crippen molar-refractivity contribution in [3.05, 3.63) is 71.0 Å². The average molecular weight is 452 g/mol. The third-order valence-electron chi connectivity index (χ3n) is 6.85. The lowest BCUT2D eigenvalue weighted by atomic mass is 9.83. The van der Waals surface area contributed by atoms with Crippen LogP contribution in [-0.4, -0.2) is 37.5 Å². The minimum atomic E-state index is -3.55. The van der Waals surface area contributed by atoms with E-state index in [2.05, 4.69) is 34.3 Å². The number of piperidine rings is 1. The van der Waals surface area contributed by atoms with Gasteiger partial charge in [-0.3, -0.25) is 0 Å². The van der Waals surface area contributed by atoms with E-state index >= 15 is 0 Å². The van der Waals surface area contributed by atoms with E-state index in [4.69, 9.17) is 4.74 Å². The first kappa shape index (κ1) is 21.1. The summed E-state index contributed by atoms with van der Waals surface area (Å²) in [4.78, 5) is 0.453. The van der Waals surface area contributed by atoms with E-state index in [0.717, 1.165) is 33.8 Å². The standard InChI is InChI=1S/C25H29N3O3S/c1-17-14-18(2)24(19(3)15-17)32(29,30)27-12-9-25(10-13-27)23-6-5-11-28(23)22-8-7-20(31-4)16-21(22)26-25/h5-8,11,14-16,26H,9-10,12-13H2,1-4H3. The molecule has 32 heavy (non-hydrogen) atoms. The van der Waals surface area contributed by atoms with Crippen LogP contribution in [-0.2, 0) is 15.6 Å². The van der Waals surface area contributed by atoms with Crippen molar-refractivity contribution >= 4 is 15.7 Å². The van der Waals surface area contributed by atoms with Gasteiger partial charge in [-0.2, -0.15) is 4.31 Å². The van der Waals surface area contributed by atoms with Crippen LogP contribution < -0.4 is 10.1 Å². The highest BCUT2D eigenvalue weighted by atomic mass is 32.2. The van der Waals surface area contributed by atoms with Gasteiger partial charge in [0, 0.05) is 31.0 Å². The molecule has 2 aliphatic rings. The van der Waals surface area contributed by atoms with Crippen molar-refractivity contribution in [2.24, 2.45) is 0 Å². The van der Waals surface area contributed by atoms with Gasteiger partial charge in [-0.05, 0) is 69.0 Å². The molecule has 0 unspecified atom stereocenters. The van der Waals surface area contributed by atoms with Crippen molar-refractivity contribution in [2.45, 2.75) is 44.0 Å². The van der Waals surface area contributed by atoms with Gasteiger partial charge >= 0.3 is 0 Å². The molecule has 3 heterocycles. The Balaban J connectivity index is 1.47. The van der Waals surface area contributed by atoms with Crippen molar-refractivity contribution in [1.82, 2.24) is 8.87 Å². The summed E-state index contributed by atoms with van der Waals surface area (Å²) in [5.41, 5.74) is 5.66. The fourth-order valence-electron chi connectivity index (χ4n) is 5.45. The highest BCUT2D eigenvalue weighted by molar-refractivity contribution is 7.89. The van der Waals surface area contributed by atoms with Crippen LogP contribution >= 0.6 is 0 Å². The number of benzene rings is 2. The second-order valence-corrected chi connectivity index (χ2v) is 10.9. The van der Waals surface area contributed by atoms with Crippen LogP contribution in [0.15, 0.2) is 53.6 Å². The number of hydrogen-bond acceptors (Lipinski definition) is 4. The van der Waals surface area contributed by atoms with Crippen molar-refractivity contribution in [3.8, 4) is 11.4 Å². The number of methoxy groups -OCH3 is 1. The van der Waals surface area contributed by atoms with E-state index < -0.39 is 10.0 Å². The number of aromatic nitrogens is 1. The number of anilines is 1. The van der Waals surface area contributed by atoms with E-state index in [1.165, 1.54) is 5.69 Å². The molecule has 2 aliphatic heterocycles. The van der Waals surface area contributed by atoms with Crippen molar-refractivity contribution in [1.29, 1.82) is 0 Å². The molecule has 0 atom stereocenters. The Hall–Kier alpha value is -2.77. The first-order valence-corrected chi connectivity index (χ1v) is 12.4. The molecule has 1 N–H and O–H groups in total. The molecule has 2 aromatic carbocycles. The van der Waals surface area contributed by atoms with Gasteiger partial charge in [0.2, 0.25) is 10.0 Å². The quantitative estimate of drug-likeness (QED) is 0.636. The van der Waals surface area contributed by atoms with E-state index in [-0.39, 0.29) is 5.54 Å². The van der Waals surface area contributed by atoms with Crippen molar-refractivity contribution in [2.75, 3.05) is 25.5 Å². The van der Waals surface area contributed by atoms with E-state index in [0.29, 0.717) is 30.8 Å². The molecule has 0 saturated carbocycles. The molecule has 3 aromatic rings. The largest absolute Gasteiger partial charge is 0.497 e. The number of nitrogens with zero attached hydrogens (tertiary/aromatic N) is 2. The lowest BCUT2D eigenvalue weighted by Gasteiger charge is -2.46. The average Bonchev–Trinajstić information content (AvgIpc) is 3.24. The maximum atomic E-state index is 13.6. The summed E-state index contributed by atoms with van der Waals surface area (Å²) in [6.07, 6.45) is 3.46. The molecule has 1 aromatic heterocycles. The fraction of sp³-hybridized carbons (Fsp3) is 0.360. The van der Waals surface area contributed by atoms with Crippen molar-refractivity contribution in [3.63, 3.8) is 0 Å². The van der Waals surface area contributed by atoms with Crippen LogP contribution in [0.4, 0.5) is 5.69 Å². The van der Waals surface area contributed by atoms with E-state index in [1.807, 2.05) is 45.0 Å². The maximum Gasteiger partial charge on any atom is 0.243 e. The molecule has 0 bridgehead atoms. The van der Waals surface area contributed by atoms with Crippen LogP contribution in [0.5, 0.6) is 5.75 Å². The lowest BCUT2D eigenvalue weighted by molar-refractivity contribution is 0.247. The normalized spacial score (nSPS) is 17.5. The number of aryl methyl sites for hydroxylation is 3. The minimum absolute atomic E-state index is 0.313. The summed E-state index contributed by atoms with van der Waals surface area (Å²) in [6.45, 7) is 6.70. The summed E-state index contributed by atoms with van der Waals surface area (Å²) >= 11 is 0. The Morgan fingerprint density at radius 2 is 1.69 bits per heavy atom. The first-order chi connectivity index (χ1) is 15.2. The molecular formula is C25H29N3O3S. The predicted octanol–water partition coefficient (Wildman–Crippen LogP) is 4.52. The molecule has 1 saturated heterocycles. The molecule has 6 nitrogen and oxygen atoms in total. The first-order valence-electron chi connectivity index (χ1n) is 11.0. The van der Waals surface area contributed by atoms with Gasteiger partial charge in [0.25, 0.3) is 0 Å². The Kier molecular flexibility index (Phi) is 4.87. The number of hydrogen-bond donors (Lipinski definition) is 1. The van der Waals surface area contributed by atoms with Crippen LogP contribution in [0.2, 0.25) is 0 Å². The monoisotopic (exact) mass is 451 g/mol. The zero-order valence-electron chi connectivity index (χ0n) is 19.0. The number of sulfonamides is 1. The van der Waals surface area contributed by atoms with E-state index in [9.17, 15) is 8.42 Å². The highest BCUT2D eigenvalue weighted by Gasteiger charge is 2.44. The van der Waals surface area contributed by atoms with Gasteiger partial charge in [0.05, 0.1) is 28.9 Å². The summed E-state index contributed by atoms with van der Waals surface area (Å²) in [5, 5.41) is 3.75. The van der Waals surface area contributed by atoms with Gasteiger partial charge in [0.15, 0.2) is 0 Å². The summed E-state index contributed by atoms with van der Waals surface area (Å²) < 4.78 is 36.4. The number of ether oxygens (including phenoxy) is 1.